The van der Waals surface area contributed by atoms with Crippen molar-refractivity contribution in [2.45, 2.75) is 0 Å². The van der Waals surface area contributed by atoms with E-state index < -0.39 is 5.91 Å². The summed E-state index contributed by atoms with van der Waals surface area (Å²) in [7, 11) is 0. The van der Waals surface area contributed by atoms with E-state index in [1.165, 1.54) is 6.33 Å². The highest BCUT2D eigenvalue weighted by molar-refractivity contribution is 5.91. The normalized spacial score (nSPS) is 9.89. The zero-order chi connectivity index (χ0) is 13.5. The largest absolute Gasteiger partial charge is 0.492 e. The maximum absolute atomic E-state index is 11.6. The first kappa shape index (κ1) is 12.8. The summed E-state index contributed by atoms with van der Waals surface area (Å²) in [5.41, 5.74) is -0.274. The maximum Gasteiger partial charge on any atom is 0.270 e. The Hall–Kier alpha value is -2.63. The molecular weight excluding hydrogens is 246 g/mol. The zero-order valence-corrected chi connectivity index (χ0v) is 10.1. The second-order valence-corrected chi connectivity index (χ2v) is 3.71. The van der Waals surface area contributed by atoms with Gasteiger partial charge in [0.05, 0.1) is 12.9 Å². The van der Waals surface area contributed by atoms with E-state index in [-0.39, 0.29) is 11.3 Å². The lowest BCUT2D eigenvalue weighted by molar-refractivity contribution is 0.0941. The van der Waals surface area contributed by atoms with Crippen molar-refractivity contribution in [1.82, 2.24) is 15.3 Å². The van der Waals surface area contributed by atoms with Crippen molar-refractivity contribution in [3.05, 3.63) is 58.8 Å². The number of amides is 1. The lowest BCUT2D eigenvalue weighted by Crippen LogP contribution is -2.29. The number of carbonyl (C=O) groups excluding carboxylic acids is 1. The van der Waals surface area contributed by atoms with Crippen molar-refractivity contribution >= 4 is 5.91 Å². The fraction of sp³-hybridized carbons (Fsp3) is 0.154. The molecule has 0 fully saturated rings. The number of carbonyl (C=O) groups is 1. The van der Waals surface area contributed by atoms with Gasteiger partial charge in [-0.3, -0.25) is 9.59 Å². The van der Waals surface area contributed by atoms with Crippen LogP contribution in [0.4, 0.5) is 0 Å². The summed E-state index contributed by atoms with van der Waals surface area (Å²) in [6.07, 6.45) is 1.19. The van der Waals surface area contributed by atoms with Gasteiger partial charge in [-0.1, -0.05) is 18.2 Å². The van der Waals surface area contributed by atoms with Crippen molar-refractivity contribution in [1.29, 1.82) is 0 Å². The number of nitrogens with one attached hydrogen (secondary N) is 2. The summed E-state index contributed by atoms with van der Waals surface area (Å²) in [5.74, 6) is 0.341. The van der Waals surface area contributed by atoms with Gasteiger partial charge in [0.25, 0.3) is 11.5 Å². The molecule has 6 nitrogen and oxygen atoms in total. The van der Waals surface area contributed by atoms with E-state index in [1.54, 1.807) is 0 Å². The predicted molar refractivity (Wildman–Crippen MR) is 69.1 cm³/mol. The first-order valence-corrected chi connectivity index (χ1v) is 5.76. The van der Waals surface area contributed by atoms with Gasteiger partial charge in [-0.2, -0.15) is 0 Å². The Morgan fingerprint density at radius 3 is 2.84 bits per heavy atom. The molecule has 1 heterocycles. The van der Waals surface area contributed by atoms with Crippen LogP contribution in [-0.2, 0) is 0 Å². The van der Waals surface area contributed by atoms with Gasteiger partial charge >= 0.3 is 0 Å². The molecule has 0 saturated heterocycles. The molecule has 1 amide bonds. The average molecular weight is 259 g/mol. The van der Waals surface area contributed by atoms with E-state index in [1.807, 2.05) is 30.3 Å². The zero-order valence-electron chi connectivity index (χ0n) is 10.1. The molecule has 0 aliphatic carbocycles. The minimum Gasteiger partial charge on any atom is -0.492 e. The van der Waals surface area contributed by atoms with Gasteiger partial charge in [0, 0.05) is 6.07 Å². The highest BCUT2D eigenvalue weighted by atomic mass is 16.5. The number of aromatic nitrogens is 2. The molecule has 2 aromatic rings. The number of rotatable bonds is 5. The first-order valence-electron chi connectivity index (χ1n) is 5.76. The summed E-state index contributed by atoms with van der Waals surface area (Å²) in [6, 6.07) is 10.4. The third kappa shape index (κ3) is 3.95. The fourth-order valence-electron chi connectivity index (χ4n) is 1.43. The molecule has 98 valence electrons. The first-order chi connectivity index (χ1) is 9.25. The number of aromatic amines is 1. The lowest BCUT2D eigenvalue weighted by Gasteiger charge is -2.06. The summed E-state index contributed by atoms with van der Waals surface area (Å²) in [4.78, 5) is 28.7. The van der Waals surface area contributed by atoms with E-state index >= 15 is 0 Å². The molecule has 0 saturated carbocycles. The molecule has 1 aromatic carbocycles. The van der Waals surface area contributed by atoms with Crippen LogP contribution in [0, 0.1) is 0 Å². The molecule has 6 heteroatoms. The van der Waals surface area contributed by atoms with Crippen LogP contribution >= 0.6 is 0 Å². The quantitative estimate of drug-likeness (QED) is 0.769. The molecule has 2 N–H and O–H groups in total. The minimum atomic E-state index is -0.400. The Labute approximate surface area is 109 Å². The van der Waals surface area contributed by atoms with Crippen LogP contribution in [0.15, 0.2) is 47.5 Å². The number of para-hydroxylation sites is 1. The number of benzene rings is 1. The Balaban J connectivity index is 1.77. The van der Waals surface area contributed by atoms with E-state index in [0.29, 0.717) is 13.2 Å². The summed E-state index contributed by atoms with van der Waals surface area (Å²) in [6.45, 7) is 0.682. The number of nitrogens with zero attached hydrogens (tertiary/aromatic N) is 1. The van der Waals surface area contributed by atoms with Crippen molar-refractivity contribution in [3.8, 4) is 5.75 Å². The van der Waals surface area contributed by atoms with Crippen LogP contribution in [0.5, 0.6) is 5.75 Å². The van der Waals surface area contributed by atoms with Gasteiger partial charge in [0.1, 0.15) is 18.1 Å². The second kappa shape index (κ2) is 6.34. The molecule has 0 aliphatic heterocycles. The number of ether oxygens (including phenoxy) is 1. The van der Waals surface area contributed by atoms with Crippen LogP contribution in [-0.4, -0.2) is 29.0 Å². The van der Waals surface area contributed by atoms with Crippen LogP contribution < -0.4 is 15.6 Å². The predicted octanol–water partition coefficient (Wildman–Crippen LogP) is 0.579. The Bertz CT molecular complexity index is 595. The molecular formula is C13H13N3O3. The minimum absolute atomic E-state index is 0.0865. The fourth-order valence-corrected chi connectivity index (χ4v) is 1.43. The maximum atomic E-state index is 11.6. The van der Waals surface area contributed by atoms with Gasteiger partial charge in [-0.25, -0.2) is 4.98 Å². The summed E-state index contributed by atoms with van der Waals surface area (Å²) >= 11 is 0. The Morgan fingerprint density at radius 2 is 2.11 bits per heavy atom. The molecule has 0 bridgehead atoms. The smallest absolute Gasteiger partial charge is 0.270 e. The van der Waals surface area contributed by atoms with Gasteiger partial charge in [-0.15, -0.1) is 0 Å². The molecule has 0 unspecified atom stereocenters. The van der Waals surface area contributed by atoms with Crippen LogP contribution in [0.3, 0.4) is 0 Å². The van der Waals surface area contributed by atoms with Gasteiger partial charge in [0.15, 0.2) is 0 Å². The summed E-state index contributed by atoms with van der Waals surface area (Å²) in [5, 5.41) is 2.62. The highest BCUT2D eigenvalue weighted by Crippen LogP contribution is 2.07. The van der Waals surface area contributed by atoms with Gasteiger partial charge in [0.2, 0.25) is 0 Å². The molecule has 2 rings (SSSR count). The topological polar surface area (TPSA) is 84.1 Å². The molecule has 0 radical (unpaired) electrons. The lowest BCUT2D eigenvalue weighted by atomic mass is 10.3. The summed E-state index contributed by atoms with van der Waals surface area (Å²) < 4.78 is 5.41. The van der Waals surface area contributed by atoms with Crippen molar-refractivity contribution in [3.63, 3.8) is 0 Å². The molecule has 0 spiro atoms. The van der Waals surface area contributed by atoms with Crippen molar-refractivity contribution in [2.75, 3.05) is 13.2 Å². The van der Waals surface area contributed by atoms with E-state index in [4.69, 9.17) is 4.74 Å². The SMILES string of the molecule is O=C(NCCOc1ccccc1)c1cc(=O)[nH]cn1. The third-order valence-corrected chi connectivity index (χ3v) is 2.31. The van der Waals surface area contributed by atoms with Crippen LogP contribution in [0.2, 0.25) is 0 Å². The monoisotopic (exact) mass is 259 g/mol. The average Bonchev–Trinajstić information content (AvgIpc) is 2.44. The standard InChI is InChI=1S/C13H13N3O3/c17-12-8-11(15-9-16-12)13(18)14-6-7-19-10-4-2-1-3-5-10/h1-5,8-9H,6-7H2,(H,14,18)(H,15,16,17). The van der Waals surface area contributed by atoms with Crippen LogP contribution in [0.25, 0.3) is 0 Å². The van der Waals surface area contributed by atoms with Crippen molar-refractivity contribution < 1.29 is 9.53 Å². The Morgan fingerprint density at radius 1 is 1.32 bits per heavy atom. The van der Waals surface area contributed by atoms with Gasteiger partial charge in [-0.05, 0) is 12.1 Å². The van der Waals surface area contributed by atoms with E-state index in [0.717, 1.165) is 11.8 Å². The van der Waals surface area contributed by atoms with E-state index in [2.05, 4.69) is 15.3 Å². The second-order valence-electron chi connectivity index (χ2n) is 3.71. The van der Waals surface area contributed by atoms with Crippen molar-refractivity contribution in [2.24, 2.45) is 0 Å². The number of H-pyrrole nitrogens is 1. The molecule has 0 aliphatic rings. The van der Waals surface area contributed by atoms with Crippen LogP contribution in [0.1, 0.15) is 10.5 Å². The van der Waals surface area contributed by atoms with Gasteiger partial charge < -0.3 is 15.0 Å². The number of hydrogen-bond acceptors (Lipinski definition) is 4. The molecule has 19 heavy (non-hydrogen) atoms. The third-order valence-electron chi connectivity index (χ3n) is 2.31. The highest BCUT2D eigenvalue weighted by Gasteiger charge is 2.06. The molecule has 1 aromatic heterocycles. The number of hydrogen-bond donors (Lipinski definition) is 2. The molecule has 0 atom stereocenters. The Kier molecular flexibility index (Phi) is 4.28. The van der Waals surface area contributed by atoms with E-state index in [9.17, 15) is 9.59 Å².